The molecular formula is C19H22ClFN6O2. The number of nitrogens with zero attached hydrogens (tertiary/aromatic N) is 3. The van der Waals surface area contributed by atoms with Crippen molar-refractivity contribution in [3.63, 3.8) is 0 Å². The van der Waals surface area contributed by atoms with Crippen LogP contribution in [0.2, 0.25) is 5.02 Å². The lowest BCUT2D eigenvalue weighted by Crippen LogP contribution is -2.17. The van der Waals surface area contributed by atoms with Crippen molar-refractivity contribution >= 4 is 29.2 Å². The fourth-order valence-electron chi connectivity index (χ4n) is 2.58. The van der Waals surface area contributed by atoms with Gasteiger partial charge in [-0.15, -0.1) is 5.10 Å². The largest absolute Gasteiger partial charge is 0.474 e. The first-order valence-corrected chi connectivity index (χ1v) is 9.44. The third kappa shape index (κ3) is 5.78. The Kier molecular flexibility index (Phi) is 6.84. The minimum Gasteiger partial charge on any atom is -0.474 e. The van der Waals surface area contributed by atoms with Gasteiger partial charge in [0, 0.05) is 18.5 Å². The molecule has 0 saturated carbocycles. The highest BCUT2D eigenvalue weighted by molar-refractivity contribution is 6.32. The van der Waals surface area contributed by atoms with Gasteiger partial charge in [0.15, 0.2) is 5.82 Å². The van der Waals surface area contributed by atoms with E-state index >= 15 is 0 Å². The highest BCUT2D eigenvalue weighted by Gasteiger charge is 2.13. The van der Waals surface area contributed by atoms with Gasteiger partial charge < -0.3 is 20.5 Å². The Morgan fingerprint density at radius 1 is 1.28 bits per heavy atom. The van der Waals surface area contributed by atoms with Gasteiger partial charge in [0.05, 0.1) is 18.9 Å². The summed E-state index contributed by atoms with van der Waals surface area (Å²) in [5.41, 5.74) is 0.806. The van der Waals surface area contributed by atoms with E-state index in [1.54, 1.807) is 18.2 Å². The highest BCUT2D eigenvalue weighted by atomic mass is 35.5. The van der Waals surface area contributed by atoms with E-state index in [1.807, 2.05) is 13.8 Å². The smallest absolute Gasteiger partial charge is 0.234 e. The van der Waals surface area contributed by atoms with E-state index in [9.17, 15) is 9.50 Å². The van der Waals surface area contributed by atoms with Crippen LogP contribution in [0.4, 0.5) is 22.0 Å². The average molecular weight is 421 g/mol. The number of nitrogens with one attached hydrogen (secondary N) is 3. The van der Waals surface area contributed by atoms with E-state index in [0.29, 0.717) is 35.0 Å². The van der Waals surface area contributed by atoms with Gasteiger partial charge in [-0.1, -0.05) is 23.7 Å². The number of aromatic amines is 1. The Hall–Kier alpha value is -2.91. The van der Waals surface area contributed by atoms with Crippen molar-refractivity contribution in [1.82, 2.24) is 20.2 Å². The lowest BCUT2D eigenvalue weighted by atomic mass is 10.00. The van der Waals surface area contributed by atoms with Crippen LogP contribution in [0.1, 0.15) is 25.3 Å². The van der Waals surface area contributed by atoms with Crippen molar-refractivity contribution in [3.05, 3.63) is 52.9 Å². The number of hydrogen-bond acceptors (Lipinski definition) is 7. The van der Waals surface area contributed by atoms with Crippen LogP contribution in [0.25, 0.3) is 0 Å². The Bertz CT molecular complexity index is 935. The van der Waals surface area contributed by atoms with Crippen LogP contribution in [-0.2, 0) is 0 Å². The first kappa shape index (κ1) is 20.8. The summed E-state index contributed by atoms with van der Waals surface area (Å²) in [4.78, 5) is 8.50. The topological polar surface area (TPSA) is 108 Å². The highest BCUT2D eigenvalue weighted by Crippen LogP contribution is 2.24. The Balaban J connectivity index is 1.66. The first-order valence-electron chi connectivity index (χ1n) is 9.06. The van der Waals surface area contributed by atoms with Gasteiger partial charge in [-0.3, -0.25) is 5.10 Å². The molecule has 0 amide bonds. The number of benzene rings is 1. The maximum atomic E-state index is 13.1. The molecule has 0 aliphatic carbocycles. The van der Waals surface area contributed by atoms with Crippen molar-refractivity contribution < 1.29 is 14.2 Å². The van der Waals surface area contributed by atoms with Crippen LogP contribution in [0.15, 0.2) is 36.5 Å². The van der Waals surface area contributed by atoms with Gasteiger partial charge >= 0.3 is 0 Å². The Morgan fingerprint density at radius 2 is 2.03 bits per heavy atom. The van der Waals surface area contributed by atoms with Crippen LogP contribution in [0, 0.1) is 5.82 Å². The van der Waals surface area contributed by atoms with Crippen LogP contribution in [-0.4, -0.2) is 44.5 Å². The predicted molar refractivity (Wildman–Crippen MR) is 109 cm³/mol. The van der Waals surface area contributed by atoms with Gasteiger partial charge in [0.2, 0.25) is 11.8 Å². The average Bonchev–Trinajstić information content (AvgIpc) is 3.12. The fraction of sp³-hybridized carbons (Fsp3) is 0.316. The minimum absolute atomic E-state index is 0.00862. The summed E-state index contributed by atoms with van der Waals surface area (Å²) in [5.74, 6) is 1.16. The molecule has 29 heavy (non-hydrogen) atoms. The monoisotopic (exact) mass is 420 g/mol. The number of halogens is 2. The minimum atomic E-state index is -0.325. The third-order valence-electron chi connectivity index (χ3n) is 3.98. The van der Waals surface area contributed by atoms with E-state index < -0.39 is 0 Å². The van der Waals surface area contributed by atoms with E-state index in [0.717, 1.165) is 5.56 Å². The number of anilines is 3. The normalized spacial score (nSPS) is 12.1. The lowest BCUT2D eigenvalue weighted by Gasteiger charge is -2.17. The Morgan fingerprint density at radius 3 is 2.72 bits per heavy atom. The summed E-state index contributed by atoms with van der Waals surface area (Å²) in [5, 5.41) is 22.9. The molecule has 1 atom stereocenters. The third-order valence-corrected chi connectivity index (χ3v) is 4.26. The number of aliphatic hydroxyl groups is 1. The number of hydrogen-bond donors (Lipinski definition) is 4. The molecule has 3 rings (SSSR count). The molecule has 0 fully saturated rings. The second-order valence-corrected chi connectivity index (χ2v) is 7.02. The number of ether oxygens (including phenoxy) is 1. The van der Waals surface area contributed by atoms with E-state index in [1.165, 1.54) is 18.3 Å². The lowest BCUT2D eigenvalue weighted by molar-refractivity contribution is 0.232. The SMILES string of the molecule is CC(C)Oc1cc(Nc2ncc(Cl)c(NCC(CO)c3ccc(F)cc3)n2)[nH]n1. The molecule has 1 aromatic carbocycles. The molecule has 2 aromatic heterocycles. The molecule has 2 heterocycles. The van der Waals surface area contributed by atoms with Crippen LogP contribution >= 0.6 is 11.6 Å². The Labute approximate surface area is 172 Å². The number of aliphatic hydroxyl groups excluding tert-OH is 1. The van der Waals surface area contributed by atoms with Crippen LogP contribution in [0.5, 0.6) is 5.88 Å². The molecule has 0 spiro atoms. The van der Waals surface area contributed by atoms with Gasteiger partial charge in [-0.25, -0.2) is 9.37 Å². The van der Waals surface area contributed by atoms with Gasteiger partial charge in [-0.2, -0.15) is 4.98 Å². The second-order valence-electron chi connectivity index (χ2n) is 6.61. The van der Waals surface area contributed by atoms with Crippen molar-refractivity contribution in [3.8, 4) is 5.88 Å². The van der Waals surface area contributed by atoms with Crippen molar-refractivity contribution in [2.45, 2.75) is 25.9 Å². The molecule has 8 nitrogen and oxygen atoms in total. The molecule has 0 saturated heterocycles. The van der Waals surface area contributed by atoms with Gasteiger partial charge in [-0.05, 0) is 31.5 Å². The molecule has 0 aliphatic heterocycles. The molecule has 154 valence electrons. The zero-order valence-electron chi connectivity index (χ0n) is 16.0. The summed E-state index contributed by atoms with van der Waals surface area (Å²) in [7, 11) is 0. The molecule has 3 aromatic rings. The standard InChI is InChI=1S/C19H22ClFN6O2/c1-11(2)29-17-7-16(26-27-17)24-19-23-9-15(20)18(25-19)22-8-13(10-28)12-3-5-14(21)6-4-12/h3-7,9,11,13,28H,8,10H2,1-2H3,(H3,22,23,24,25,26,27). The summed E-state index contributed by atoms with van der Waals surface area (Å²) < 4.78 is 18.6. The summed E-state index contributed by atoms with van der Waals surface area (Å²) >= 11 is 6.19. The quantitative estimate of drug-likeness (QED) is 0.418. The van der Waals surface area contributed by atoms with Crippen molar-refractivity contribution in [1.29, 1.82) is 0 Å². The van der Waals surface area contributed by atoms with Crippen LogP contribution < -0.4 is 15.4 Å². The molecule has 0 aliphatic rings. The zero-order chi connectivity index (χ0) is 20.8. The maximum Gasteiger partial charge on any atom is 0.234 e. The summed E-state index contributed by atoms with van der Waals surface area (Å²) in [6, 6.07) is 7.70. The molecule has 0 bridgehead atoms. The number of rotatable bonds is 9. The predicted octanol–water partition coefficient (Wildman–Crippen LogP) is 3.71. The van der Waals surface area contributed by atoms with E-state index in [2.05, 4.69) is 30.8 Å². The fourth-order valence-corrected chi connectivity index (χ4v) is 2.74. The first-order chi connectivity index (χ1) is 13.9. The van der Waals surface area contributed by atoms with Crippen molar-refractivity contribution in [2.75, 3.05) is 23.8 Å². The summed E-state index contributed by atoms with van der Waals surface area (Å²) in [6.45, 7) is 4.06. The maximum absolute atomic E-state index is 13.1. The van der Waals surface area contributed by atoms with Crippen molar-refractivity contribution in [2.24, 2.45) is 0 Å². The zero-order valence-corrected chi connectivity index (χ0v) is 16.7. The van der Waals surface area contributed by atoms with Crippen LogP contribution in [0.3, 0.4) is 0 Å². The summed E-state index contributed by atoms with van der Waals surface area (Å²) in [6.07, 6.45) is 1.47. The van der Waals surface area contributed by atoms with Gasteiger partial charge in [0.25, 0.3) is 0 Å². The van der Waals surface area contributed by atoms with Gasteiger partial charge in [0.1, 0.15) is 16.7 Å². The van der Waals surface area contributed by atoms with E-state index in [-0.39, 0.29) is 24.4 Å². The molecule has 1 unspecified atom stereocenters. The molecule has 10 heteroatoms. The second kappa shape index (κ2) is 9.53. The number of aromatic nitrogens is 4. The molecule has 0 radical (unpaired) electrons. The molecular weight excluding hydrogens is 399 g/mol. The molecule has 4 N–H and O–H groups in total. The van der Waals surface area contributed by atoms with E-state index in [4.69, 9.17) is 16.3 Å². The number of H-pyrrole nitrogens is 1.